The molecule has 1 nitrogen and oxygen atoms in total. The highest BCUT2D eigenvalue weighted by atomic mass is 16.5. The summed E-state index contributed by atoms with van der Waals surface area (Å²) < 4.78 is 6.23. The predicted octanol–water partition coefficient (Wildman–Crippen LogP) is 3.38. The van der Waals surface area contributed by atoms with E-state index in [2.05, 4.69) is 6.92 Å². The molecule has 2 saturated carbocycles. The van der Waals surface area contributed by atoms with Crippen LogP contribution in [0.2, 0.25) is 0 Å². The molecule has 0 aromatic carbocycles. The van der Waals surface area contributed by atoms with E-state index in [4.69, 9.17) is 4.74 Å². The standard InChI is InChI=1S/C13H22O/c1-10-2-5-13(6-3-10)7-4-11-8-12(11)9-14-13/h10-12H,2-9H2,1H3/t10?,11-,12-,13?/m1/s1. The topological polar surface area (TPSA) is 9.23 Å². The first-order valence-corrected chi connectivity index (χ1v) is 6.41. The van der Waals surface area contributed by atoms with Gasteiger partial charge in [-0.2, -0.15) is 0 Å². The lowest BCUT2D eigenvalue weighted by atomic mass is 9.77. The van der Waals surface area contributed by atoms with Crippen molar-refractivity contribution in [2.75, 3.05) is 6.61 Å². The Bertz CT molecular complexity index is 201. The summed E-state index contributed by atoms with van der Waals surface area (Å²) in [6, 6.07) is 0. The average Bonchev–Trinajstić information content (AvgIpc) is 2.94. The van der Waals surface area contributed by atoms with E-state index in [0.717, 1.165) is 24.4 Å². The maximum absolute atomic E-state index is 6.23. The molecular formula is C13H22O. The number of ether oxygens (including phenoxy) is 1. The summed E-state index contributed by atoms with van der Waals surface area (Å²) in [6.07, 6.45) is 9.76. The Kier molecular flexibility index (Phi) is 2.12. The van der Waals surface area contributed by atoms with Gasteiger partial charge in [-0.1, -0.05) is 6.92 Å². The highest BCUT2D eigenvalue weighted by Crippen LogP contribution is 2.50. The van der Waals surface area contributed by atoms with Crippen LogP contribution < -0.4 is 0 Å². The Balaban J connectivity index is 1.64. The van der Waals surface area contributed by atoms with Crippen LogP contribution in [0.1, 0.15) is 51.9 Å². The second kappa shape index (κ2) is 3.23. The lowest BCUT2D eigenvalue weighted by Gasteiger charge is -2.39. The molecule has 1 saturated heterocycles. The summed E-state index contributed by atoms with van der Waals surface area (Å²) in [5, 5.41) is 0. The molecule has 0 N–H and O–H groups in total. The van der Waals surface area contributed by atoms with Crippen molar-refractivity contribution in [1.29, 1.82) is 0 Å². The van der Waals surface area contributed by atoms with Gasteiger partial charge in [0.25, 0.3) is 0 Å². The third-order valence-corrected chi connectivity index (χ3v) is 4.83. The minimum Gasteiger partial charge on any atom is -0.375 e. The van der Waals surface area contributed by atoms with Crippen LogP contribution in [-0.4, -0.2) is 12.2 Å². The summed E-state index contributed by atoms with van der Waals surface area (Å²) in [5.74, 6) is 2.95. The number of hydrogen-bond acceptors (Lipinski definition) is 1. The van der Waals surface area contributed by atoms with Crippen molar-refractivity contribution < 1.29 is 4.74 Å². The molecule has 3 rings (SSSR count). The van der Waals surface area contributed by atoms with E-state index < -0.39 is 0 Å². The molecule has 0 radical (unpaired) electrons. The van der Waals surface area contributed by atoms with Crippen molar-refractivity contribution in [2.45, 2.75) is 57.5 Å². The van der Waals surface area contributed by atoms with E-state index in [-0.39, 0.29) is 0 Å². The van der Waals surface area contributed by atoms with Gasteiger partial charge in [-0.05, 0) is 62.7 Å². The summed E-state index contributed by atoms with van der Waals surface area (Å²) in [7, 11) is 0. The normalized spacial score (nSPS) is 52.5. The second-order valence-corrected chi connectivity index (χ2v) is 5.97. The highest BCUT2D eigenvalue weighted by molar-refractivity contribution is 4.95. The highest BCUT2D eigenvalue weighted by Gasteiger charge is 2.45. The zero-order valence-electron chi connectivity index (χ0n) is 9.30. The van der Waals surface area contributed by atoms with Crippen molar-refractivity contribution >= 4 is 0 Å². The summed E-state index contributed by atoms with van der Waals surface area (Å²) in [4.78, 5) is 0. The van der Waals surface area contributed by atoms with Crippen LogP contribution in [0.15, 0.2) is 0 Å². The first-order valence-electron chi connectivity index (χ1n) is 6.41. The van der Waals surface area contributed by atoms with Crippen molar-refractivity contribution in [2.24, 2.45) is 17.8 Å². The molecular weight excluding hydrogens is 172 g/mol. The van der Waals surface area contributed by atoms with E-state index in [9.17, 15) is 0 Å². The van der Waals surface area contributed by atoms with Gasteiger partial charge >= 0.3 is 0 Å². The quantitative estimate of drug-likeness (QED) is 0.574. The molecule has 0 aromatic heterocycles. The van der Waals surface area contributed by atoms with Gasteiger partial charge in [0, 0.05) is 0 Å². The number of rotatable bonds is 0. The van der Waals surface area contributed by atoms with Gasteiger partial charge in [-0.3, -0.25) is 0 Å². The molecule has 0 bridgehead atoms. The molecule has 2 aliphatic carbocycles. The van der Waals surface area contributed by atoms with Crippen LogP contribution in [-0.2, 0) is 4.74 Å². The number of hydrogen-bond donors (Lipinski definition) is 0. The maximum atomic E-state index is 6.23. The Hall–Kier alpha value is -0.0400. The fraction of sp³-hybridized carbons (Fsp3) is 1.00. The third-order valence-electron chi connectivity index (χ3n) is 4.83. The van der Waals surface area contributed by atoms with Gasteiger partial charge in [-0.15, -0.1) is 0 Å². The molecule has 80 valence electrons. The van der Waals surface area contributed by atoms with Crippen molar-refractivity contribution in [1.82, 2.24) is 0 Å². The Morgan fingerprint density at radius 3 is 2.50 bits per heavy atom. The largest absolute Gasteiger partial charge is 0.375 e. The Morgan fingerprint density at radius 1 is 1.00 bits per heavy atom. The van der Waals surface area contributed by atoms with Gasteiger partial charge in [0.15, 0.2) is 0 Å². The molecule has 1 heterocycles. The van der Waals surface area contributed by atoms with Crippen molar-refractivity contribution in [3.05, 3.63) is 0 Å². The van der Waals surface area contributed by atoms with Crippen LogP contribution in [0.3, 0.4) is 0 Å². The second-order valence-electron chi connectivity index (χ2n) is 5.97. The van der Waals surface area contributed by atoms with E-state index in [1.807, 2.05) is 0 Å². The maximum Gasteiger partial charge on any atom is 0.0683 e. The zero-order valence-corrected chi connectivity index (χ0v) is 9.30. The number of fused-ring (bicyclic) bond motifs is 1. The van der Waals surface area contributed by atoms with Crippen LogP contribution in [0.4, 0.5) is 0 Å². The van der Waals surface area contributed by atoms with Crippen molar-refractivity contribution in [3.8, 4) is 0 Å². The average molecular weight is 194 g/mol. The molecule has 0 amide bonds. The van der Waals surface area contributed by atoms with Gasteiger partial charge < -0.3 is 4.74 Å². The molecule has 14 heavy (non-hydrogen) atoms. The molecule has 3 fully saturated rings. The van der Waals surface area contributed by atoms with Crippen LogP contribution in [0, 0.1) is 17.8 Å². The molecule has 1 heteroatoms. The summed E-state index contributed by atoms with van der Waals surface area (Å²) >= 11 is 0. The van der Waals surface area contributed by atoms with Crippen LogP contribution in [0.5, 0.6) is 0 Å². The molecule has 1 aliphatic heterocycles. The van der Waals surface area contributed by atoms with E-state index >= 15 is 0 Å². The van der Waals surface area contributed by atoms with E-state index in [1.54, 1.807) is 0 Å². The van der Waals surface area contributed by atoms with E-state index in [1.165, 1.54) is 44.9 Å². The summed E-state index contributed by atoms with van der Waals surface area (Å²) in [6.45, 7) is 3.47. The van der Waals surface area contributed by atoms with Crippen LogP contribution >= 0.6 is 0 Å². The first kappa shape index (κ1) is 9.21. The molecule has 1 spiro atoms. The Labute approximate surface area is 87.2 Å². The van der Waals surface area contributed by atoms with Gasteiger partial charge in [0.2, 0.25) is 0 Å². The third kappa shape index (κ3) is 1.60. The van der Waals surface area contributed by atoms with Crippen molar-refractivity contribution in [3.63, 3.8) is 0 Å². The van der Waals surface area contributed by atoms with Gasteiger partial charge in [0.05, 0.1) is 12.2 Å². The molecule has 0 unspecified atom stereocenters. The fourth-order valence-electron chi connectivity index (χ4n) is 3.35. The van der Waals surface area contributed by atoms with E-state index in [0.29, 0.717) is 5.60 Å². The predicted molar refractivity (Wildman–Crippen MR) is 57.1 cm³/mol. The monoisotopic (exact) mass is 194 g/mol. The van der Waals surface area contributed by atoms with Crippen LogP contribution in [0.25, 0.3) is 0 Å². The SMILES string of the molecule is CC1CCC2(CC1)CC[C@@H]1C[C@@H]1CO2. The smallest absolute Gasteiger partial charge is 0.0683 e. The van der Waals surface area contributed by atoms with Gasteiger partial charge in [0.1, 0.15) is 0 Å². The summed E-state index contributed by atoms with van der Waals surface area (Å²) in [5.41, 5.74) is 0.333. The van der Waals surface area contributed by atoms with Gasteiger partial charge in [-0.25, -0.2) is 0 Å². The molecule has 0 aromatic rings. The zero-order chi connectivity index (χ0) is 9.60. The first-order chi connectivity index (χ1) is 6.77. The minimum absolute atomic E-state index is 0.333. The lowest BCUT2D eigenvalue weighted by Crippen LogP contribution is -2.36. The Morgan fingerprint density at radius 2 is 1.71 bits per heavy atom. The molecule has 3 aliphatic rings. The lowest BCUT2D eigenvalue weighted by molar-refractivity contribution is -0.0802. The fourth-order valence-corrected chi connectivity index (χ4v) is 3.35. The molecule has 2 atom stereocenters. The minimum atomic E-state index is 0.333.